The maximum atomic E-state index is 13.2. The van der Waals surface area contributed by atoms with Gasteiger partial charge in [0.15, 0.2) is 11.5 Å². The Balaban J connectivity index is 1.34. The van der Waals surface area contributed by atoms with Gasteiger partial charge in [-0.3, -0.25) is 4.79 Å². The number of hydrogen-bond acceptors (Lipinski definition) is 8. The van der Waals surface area contributed by atoms with E-state index in [9.17, 15) is 9.90 Å². The number of benzene rings is 1. The van der Waals surface area contributed by atoms with E-state index in [-0.39, 0.29) is 12.1 Å². The SMILES string of the molecule is C=CCn1c(=O)c2cnc(Nc3ccc(N4C5CCC4CN(C)C5)cc3)nc2n1-c1cccc(C(C)(C)O)n1. The summed E-state index contributed by atoms with van der Waals surface area (Å²) in [5, 5.41) is 14.2. The van der Waals surface area contributed by atoms with Gasteiger partial charge in [0.2, 0.25) is 5.95 Å². The molecule has 2 fully saturated rings. The number of piperazine rings is 1. The standard InChI is InChI=1S/C29H34N8O2/c1-5-15-35-27(38)23-16-30-28(33-26(23)37(35)25-8-6-7-24(32-25)29(2,3)39)31-19-9-11-20(12-10-19)36-21-13-14-22(36)18-34(4)17-21/h5-12,16,21-22,39H,1,13-15,17-18H2,2-4H3,(H,30,31,33). The lowest BCUT2D eigenvalue weighted by Gasteiger charge is -2.41. The number of aromatic nitrogens is 5. The van der Waals surface area contributed by atoms with Crippen LogP contribution in [-0.2, 0) is 12.1 Å². The molecule has 2 aliphatic heterocycles. The third-order valence-corrected chi connectivity index (χ3v) is 7.64. The van der Waals surface area contributed by atoms with Gasteiger partial charge in [0.25, 0.3) is 5.56 Å². The second-order valence-corrected chi connectivity index (χ2v) is 11.0. The molecule has 2 unspecified atom stereocenters. The number of allylic oxidation sites excluding steroid dienone is 1. The van der Waals surface area contributed by atoms with Gasteiger partial charge in [-0.05, 0) is 70.1 Å². The van der Waals surface area contributed by atoms with E-state index in [0.29, 0.717) is 40.6 Å². The molecule has 0 radical (unpaired) electrons. The van der Waals surface area contributed by atoms with Crippen molar-refractivity contribution in [3.8, 4) is 5.82 Å². The first-order chi connectivity index (χ1) is 18.7. The van der Waals surface area contributed by atoms with Crippen molar-refractivity contribution in [2.24, 2.45) is 0 Å². The largest absolute Gasteiger partial charge is 0.384 e. The minimum Gasteiger partial charge on any atom is -0.384 e. The lowest BCUT2D eigenvalue weighted by atomic mass is 10.1. The maximum Gasteiger partial charge on any atom is 0.278 e. The van der Waals surface area contributed by atoms with Crippen LogP contribution in [0.15, 0.2) is 66.1 Å². The van der Waals surface area contributed by atoms with E-state index in [1.54, 1.807) is 49.0 Å². The van der Waals surface area contributed by atoms with Crippen LogP contribution >= 0.6 is 0 Å². The van der Waals surface area contributed by atoms with Crippen LogP contribution in [0.3, 0.4) is 0 Å². The predicted molar refractivity (Wildman–Crippen MR) is 153 cm³/mol. The Morgan fingerprint density at radius 1 is 1.10 bits per heavy atom. The van der Waals surface area contributed by atoms with Crippen molar-refractivity contribution in [2.75, 3.05) is 30.4 Å². The van der Waals surface area contributed by atoms with E-state index in [0.717, 1.165) is 18.8 Å². The number of fused-ring (bicyclic) bond motifs is 3. The van der Waals surface area contributed by atoms with Crippen molar-refractivity contribution in [1.29, 1.82) is 0 Å². The number of pyridine rings is 1. The molecule has 10 heteroatoms. The third kappa shape index (κ3) is 4.59. The highest BCUT2D eigenvalue weighted by Gasteiger charge is 2.38. The highest BCUT2D eigenvalue weighted by atomic mass is 16.3. The number of hydrogen-bond donors (Lipinski definition) is 2. The second-order valence-electron chi connectivity index (χ2n) is 11.0. The number of likely N-dealkylation sites (tertiary alicyclic amines) is 1. The molecule has 5 heterocycles. The summed E-state index contributed by atoms with van der Waals surface area (Å²) in [7, 11) is 2.21. The summed E-state index contributed by atoms with van der Waals surface area (Å²) in [6.07, 6.45) is 5.67. The van der Waals surface area contributed by atoms with Crippen molar-refractivity contribution in [2.45, 2.75) is 50.9 Å². The van der Waals surface area contributed by atoms with Crippen LogP contribution in [0.25, 0.3) is 16.9 Å². The van der Waals surface area contributed by atoms with Crippen molar-refractivity contribution in [1.82, 2.24) is 29.2 Å². The number of nitrogens with zero attached hydrogens (tertiary/aromatic N) is 7. The van der Waals surface area contributed by atoms with Crippen LogP contribution in [0.5, 0.6) is 0 Å². The smallest absolute Gasteiger partial charge is 0.278 e. The Morgan fingerprint density at radius 2 is 1.82 bits per heavy atom. The molecule has 2 aliphatic rings. The number of anilines is 3. The van der Waals surface area contributed by atoms with Crippen LogP contribution in [0.2, 0.25) is 0 Å². The molecule has 6 rings (SSSR count). The molecule has 4 aromatic rings. The lowest BCUT2D eigenvalue weighted by molar-refractivity contribution is 0.0738. The van der Waals surface area contributed by atoms with Crippen molar-refractivity contribution in [3.05, 3.63) is 77.4 Å². The maximum absolute atomic E-state index is 13.2. The average molecular weight is 527 g/mol. The molecule has 202 valence electrons. The van der Waals surface area contributed by atoms with Gasteiger partial charge in [0, 0.05) is 42.7 Å². The zero-order valence-corrected chi connectivity index (χ0v) is 22.6. The van der Waals surface area contributed by atoms with E-state index in [2.05, 4.69) is 50.8 Å². The van der Waals surface area contributed by atoms with Gasteiger partial charge < -0.3 is 20.2 Å². The van der Waals surface area contributed by atoms with E-state index in [1.165, 1.54) is 23.2 Å². The molecular formula is C29H34N8O2. The van der Waals surface area contributed by atoms with Gasteiger partial charge in [-0.1, -0.05) is 12.1 Å². The molecule has 2 atom stereocenters. The van der Waals surface area contributed by atoms with Gasteiger partial charge >= 0.3 is 0 Å². The number of nitrogens with one attached hydrogen (secondary N) is 1. The quantitative estimate of drug-likeness (QED) is 0.353. The minimum atomic E-state index is -1.14. The minimum absolute atomic E-state index is 0.238. The highest BCUT2D eigenvalue weighted by molar-refractivity contribution is 5.77. The summed E-state index contributed by atoms with van der Waals surface area (Å²) in [5.74, 6) is 0.845. The summed E-state index contributed by atoms with van der Waals surface area (Å²) in [4.78, 5) is 32.0. The monoisotopic (exact) mass is 526 g/mol. The normalized spacial score (nSPS) is 19.5. The van der Waals surface area contributed by atoms with Crippen LogP contribution in [0.1, 0.15) is 32.4 Å². The Bertz CT molecular complexity index is 1570. The number of rotatable bonds is 7. The summed E-state index contributed by atoms with van der Waals surface area (Å²) >= 11 is 0. The number of likely N-dealkylation sites (N-methyl/N-ethyl adjacent to an activating group) is 1. The fourth-order valence-electron chi connectivity index (χ4n) is 5.87. The van der Waals surface area contributed by atoms with Gasteiger partial charge in [0.1, 0.15) is 11.0 Å². The molecule has 10 nitrogen and oxygen atoms in total. The topological polar surface area (TPSA) is 104 Å². The predicted octanol–water partition coefficient (Wildman–Crippen LogP) is 3.42. The van der Waals surface area contributed by atoms with Crippen LogP contribution in [0, 0.1) is 0 Å². The van der Waals surface area contributed by atoms with Crippen LogP contribution in [-0.4, -0.2) is 66.5 Å². The fourth-order valence-corrected chi connectivity index (χ4v) is 5.87. The van der Waals surface area contributed by atoms with Gasteiger partial charge in [-0.25, -0.2) is 19.3 Å². The van der Waals surface area contributed by atoms with Gasteiger partial charge in [-0.15, -0.1) is 6.58 Å². The van der Waals surface area contributed by atoms with Crippen molar-refractivity contribution in [3.63, 3.8) is 0 Å². The van der Waals surface area contributed by atoms with Crippen molar-refractivity contribution >= 4 is 28.4 Å². The molecule has 0 aliphatic carbocycles. The van der Waals surface area contributed by atoms with Crippen molar-refractivity contribution < 1.29 is 5.11 Å². The van der Waals surface area contributed by atoms with E-state index in [4.69, 9.17) is 4.98 Å². The molecule has 0 saturated carbocycles. The molecule has 0 amide bonds. The van der Waals surface area contributed by atoms with Gasteiger partial charge in [-0.2, -0.15) is 4.98 Å². The summed E-state index contributed by atoms with van der Waals surface area (Å²) in [5.41, 5.74) is 1.64. The average Bonchev–Trinajstić information content (AvgIpc) is 3.34. The molecule has 2 N–H and O–H groups in total. The first-order valence-corrected chi connectivity index (χ1v) is 13.4. The third-order valence-electron chi connectivity index (χ3n) is 7.64. The van der Waals surface area contributed by atoms with Gasteiger partial charge in [0.05, 0.1) is 12.2 Å². The summed E-state index contributed by atoms with van der Waals surface area (Å²) in [6.45, 7) is 9.62. The fraction of sp³-hybridized carbons (Fsp3) is 0.379. The molecule has 0 spiro atoms. The molecule has 1 aromatic carbocycles. The molecular weight excluding hydrogens is 492 g/mol. The summed E-state index contributed by atoms with van der Waals surface area (Å²) < 4.78 is 3.18. The first-order valence-electron chi connectivity index (χ1n) is 13.4. The highest BCUT2D eigenvalue weighted by Crippen LogP contribution is 2.35. The van der Waals surface area contributed by atoms with E-state index in [1.807, 2.05) is 12.1 Å². The Labute approximate surface area is 227 Å². The number of aliphatic hydroxyl groups is 1. The summed E-state index contributed by atoms with van der Waals surface area (Å²) in [6, 6.07) is 14.9. The first kappa shape index (κ1) is 25.3. The molecule has 2 bridgehead atoms. The molecule has 2 saturated heterocycles. The van der Waals surface area contributed by atoms with Crippen LogP contribution in [0.4, 0.5) is 17.3 Å². The Hall–Kier alpha value is -4.02. The second kappa shape index (κ2) is 9.62. The Morgan fingerprint density at radius 3 is 2.49 bits per heavy atom. The molecule has 3 aromatic heterocycles. The molecule has 39 heavy (non-hydrogen) atoms. The lowest BCUT2D eigenvalue weighted by Crippen LogP contribution is -2.52. The zero-order valence-electron chi connectivity index (χ0n) is 22.6. The van der Waals surface area contributed by atoms with Crippen LogP contribution < -0.4 is 15.8 Å². The zero-order chi connectivity index (χ0) is 27.3. The Kier molecular flexibility index (Phi) is 6.23. The van der Waals surface area contributed by atoms with E-state index < -0.39 is 5.60 Å². The van der Waals surface area contributed by atoms with E-state index >= 15 is 0 Å².